The Bertz CT molecular complexity index is 545. The van der Waals surface area contributed by atoms with Gasteiger partial charge in [0, 0.05) is 37.2 Å². The Morgan fingerprint density at radius 3 is 2.48 bits per heavy atom. The summed E-state index contributed by atoms with van der Waals surface area (Å²) in [5.41, 5.74) is 0.484. The van der Waals surface area contributed by atoms with Gasteiger partial charge in [-0.1, -0.05) is 27.5 Å². The van der Waals surface area contributed by atoms with Crippen molar-refractivity contribution in [3.63, 3.8) is 0 Å². The van der Waals surface area contributed by atoms with Crippen LogP contribution in [-0.2, 0) is 0 Å². The van der Waals surface area contributed by atoms with Crippen LogP contribution >= 0.6 is 27.5 Å². The summed E-state index contributed by atoms with van der Waals surface area (Å²) in [5.74, 6) is -0.100. The fraction of sp³-hybridized carbons (Fsp3) is 0.429. The molecule has 21 heavy (non-hydrogen) atoms. The minimum atomic E-state index is -0.100. The van der Waals surface area contributed by atoms with Gasteiger partial charge in [-0.25, -0.2) is 4.79 Å². The summed E-state index contributed by atoms with van der Waals surface area (Å²) in [5, 5.41) is 3.20. The van der Waals surface area contributed by atoms with E-state index in [0.717, 1.165) is 4.47 Å². The zero-order valence-electron chi connectivity index (χ0n) is 11.7. The molecule has 0 atom stereocenters. The number of nitrogens with one attached hydrogen (secondary N) is 1. The predicted octanol–water partition coefficient (Wildman–Crippen LogP) is 2.59. The number of urea groups is 1. The van der Waals surface area contributed by atoms with Crippen molar-refractivity contribution in [1.29, 1.82) is 0 Å². The van der Waals surface area contributed by atoms with Crippen LogP contribution in [-0.4, -0.2) is 54.5 Å². The molecule has 0 aromatic heterocycles. The molecule has 1 saturated heterocycles. The van der Waals surface area contributed by atoms with E-state index in [-0.39, 0.29) is 11.9 Å². The highest BCUT2D eigenvalue weighted by Gasteiger charge is 2.25. The first kappa shape index (κ1) is 16.1. The molecule has 0 radical (unpaired) electrons. The number of halogens is 2. The zero-order chi connectivity index (χ0) is 15.4. The molecule has 0 bridgehead atoms. The van der Waals surface area contributed by atoms with E-state index >= 15 is 0 Å². The SMILES string of the molecule is CCNC(=O)N1CCN(C(=O)c2cc(Br)ccc2Cl)CC1. The summed E-state index contributed by atoms with van der Waals surface area (Å²) in [7, 11) is 0. The summed E-state index contributed by atoms with van der Waals surface area (Å²) < 4.78 is 0.816. The second-order valence-corrected chi connectivity index (χ2v) is 6.06. The maximum Gasteiger partial charge on any atom is 0.317 e. The predicted molar refractivity (Wildman–Crippen MR) is 85.7 cm³/mol. The summed E-state index contributed by atoms with van der Waals surface area (Å²) in [4.78, 5) is 27.6. The summed E-state index contributed by atoms with van der Waals surface area (Å²) in [6.45, 7) is 4.57. The van der Waals surface area contributed by atoms with Gasteiger partial charge in [-0.3, -0.25) is 4.79 Å². The van der Waals surface area contributed by atoms with Crippen LogP contribution in [0.2, 0.25) is 5.02 Å². The van der Waals surface area contributed by atoms with Gasteiger partial charge in [0.2, 0.25) is 0 Å². The minimum absolute atomic E-state index is 0.0786. The van der Waals surface area contributed by atoms with E-state index in [1.54, 1.807) is 28.0 Å². The van der Waals surface area contributed by atoms with Crippen LogP contribution in [0.1, 0.15) is 17.3 Å². The topological polar surface area (TPSA) is 52.7 Å². The second-order valence-electron chi connectivity index (χ2n) is 4.74. The first-order valence-corrected chi connectivity index (χ1v) is 7.97. The number of nitrogens with zero attached hydrogens (tertiary/aromatic N) is 2. The molecule has 1 aromatic carbocycles. The van der Waals surface area contributed by atoms with Crippen LogP contribution in [0.25, 0.3) is 0 Å². The largest absolute Gasteiger partial charge is 0.338 e. The zero-order valence-corrected chi connectivity index (χ0v) is 14.1. The molecule has 2 rings (SSSR count). The third-order valence-electron chi connectivity index (χ3n) is 3.34. The Balaban J connectivity index is 2.00. The Morgan fingerprint density at radius 2 is 1.86 bits per heavy atom. The Kier molecular flexibility index (Phi) is 5.47. The van der Waals surface area contributed by atoms with E-state index in [2.05, 4.69) is 21.2 Å². The van der Waals surface area contributed by atoms with Crippen molar-refractivity contribution in [2.24, 2.45) is 0 Å². The fourth-order valence-electron chi connectivity index (χ4n) is 2.21. The van der Waals surface area contributed by atoms with E-state index in [0.29, 0.717) is 43.3 Å². The van der Waals surface area contributed by atoms with Crippen LogP contribution in [0.5, 0.6) is 0 Å². The van der Waals surface area contributed by atoms with Gasteiger partial charge < -0.3 is 15.1 Å². The van der Waals surface area contributed by atoms with E-state index in [9.17, 15) is 9.59 Å². The molecule has 1 aliphatic rings. The number of amides is 3. The van der Waals surface area contributed by atoms with E-state index < -0.39 is 0 Å². The maximum atomic E-state index is 12.5. The van der Waals surface area contributed by atoms with Crippen LogP contribution in [0, 0.1) is 0 Å². The van der Waals surface area contributed by atoms with Crippen molar-refractivity contribution < 1.29 is 9.59 Å². The lowest BCUT2D eigenvalue weighted by Gasteiger charge is -2.34. The van der Waals surface area contributed by atoms with Gasteiger partial charge in [0.05, 0.1) is 10.6 Å². The number of rotatable bonds is 2. The average Bonchev–Trinajstić information content (AvgIpc) is 2.49. The van der Waals surface area contributed by atoms with Crippen molar-refractivity contribution in [2.75, 3.05) is 32.7 Å². The standard InChI is InChI=1S/C14H17BrClN3O2/c1-2-17-14(21)19-7-5-18(6-8-19)13(20)11-9-10(15)3-4-12(11)16/h3-4,9H,2,5-8H2,1H3,(H,17,21). The lowest BCUT2D eigenvalue weighted by Crippen LogP contribution is -2.53. The third kappa shape index (κ3) is 3.89. The highest BCUT2D eigenvalue weighted by Crippen LogP contribution is 2.23. The van der Waals surface area contributed by atoms with Crippen LogP contribution in [0.3, 0.4) is 0 Å². The van der Waals surface area contributed by atoms with E-state index in [1.165, 1.54) is 0 Å². The van der Waals surface area contributed by atoms with Gasteiger partial charge in [-0.15, -0.1) is 0 Å². The molecule has 0 unspecified atom stereocenters. The van der Waals surface area contributed by atoms with Crippen molar-refractivity contribution in [3.8, 4) is 0 Å². The minimum Gasteiger partial charge on any atom is -0.338 e. The van der Waals surface area contributed by atoms with Crippen LogP contribution < -0.4 is 5.32 Å². The van der Waals surface area contributed by atoms with Gasteiger partial charge in [0.25, 0.3) is 5.91 Å². The molecule has 1 N–H and O–H groups in total. The number of piperazine rings is 1. The van der Waals surface area contributed by atoms with Crippen molar-refractivity contribution in [2.45, 2.75) is 6.92 Å². The third-order valence-corrected chi connectivity index (χ3v) is 4.16. The maximum absolute atomic E-state index is 12.5. The normalized spacial score (nSPS) is 15.0. The number of carbonyl (C=O) groups is 2. The van der Waals surface area contributed by atoms with Gasteiger partial charge >= 0.3 is 6.03 Å². The molecular formula is C14H17BrClN3O2. The molecule has 5 nitrogen and oxygen atoms in total. The lowest BCUT2D eigenvalue weighted by atomic mass is 10.2. The molecule has 1 fully saturated rings. The van der Waals surface area contributed by atoms with Crippen molar-refractivity contribution >= 4 is 39.5 Å². The average molecular weight is 375 g/mol. The molecule has 1 aromatic rings. The fourth-order valence-corrected chi connectivity index (χ4v) is 2.77. The number of benzene rings is 1. The van der Waals surface area contributed by atoms with Crippen molar-refractivity contribution in [1.82, 2.24) is 15.1 Å². The molecule has 1 aliphatic heterocycles. The Labute approximate surface area is 137 Å². The molecule has 114 valence electrons. The molecular weight excluding hydrogens is 358 g/mol. The first-order valence-electron chi connectivity index (χ1n) is 6.80. The first-order chi connectivity index (χ1) is 10.0. The molecule has 7 heteroatoms. The quantitative estimate of drug-likeness (QED) is 0.865. The Hall–Kier alpha value is -1.27. The van der Waals surface area contributed by atoms with Gasteiger partial charge in [-0.2, -0.15) is 0 Å². The highest BCUT2D eigenvalue weighted by atomic mass is 79.9. The van der Waals surface area contributed by atoms with E-state index in [1.807, 2.05) is 6.92 Å². The highest BCUT2D eigenvalue weighted by molar-refractivity contribution is 9.10. The number of hydrogen-bond acceptors (Lipinski definition) is 2. The van der Waals surface area contributed by atoms with Gasteiger partial charge in [0.1, 0.15) is 0 Å². The summed E-state index contributed by atoms with van der Waals surface area (Å²) in [6, 6.07) is 5.14. The molecule has 0 aliphatic carbocycles. The smallest absolute Gasteiger partial charge is 0.317 e. The van der Waals surface area contributed by atoms with Gasteiger partial charge in [-0.05, 0) is 25.1 Å². The molecule has 0 saturated carbocycles. The molecule has 1 heterocycles. The summed E-state index contributed by atoms with van der Waals surface area (Å²) >= 11 is 9.43. The van der Waals surface area contributed by atoms with Crippen LogP contribution in [0.4, 0.5) is 4.79 Å². The van der Waals surface area contributed by atoms with Gasteiger partial charge in [0.15, 0.2) is 0 Å². The van der Waals surface area contributed by atoms with E-state index in [4.69, 9.17) is 11.6 Å². The monoisotopic (exact) mass is 373 g/mol. The van der Waals surface area contributed by atoms with Crippen molar-refractivity contribution in [3.05, 3.63) is 33.3 Å². The number of hydrogen-bond donors (Lipinski definition) is 1. The molecule has 3 amide bonds. The molecule has 0 spiro atoms. The number of carbonyl (C=O) groups excluding carboxylic acids is 2. The Morgan fingerprint density at radius 1 is 1.24 bits per heavy atom. The van der Waals surface area contributed by atoms with Crippen LogP contribution in [0.15, 0.2) is 22.7 Å². The summed E-state index contributed by atoms with van der Waals surface area (Å²) in [6.07, 6.45) is 0. The second kappa shape index (κ2) is 7.13. The lowest BCUT2D eigenvalue weighted by molar-refractivity contribution is 0.0665.